The van der Waals surface area contributed by atoms with Gasteiger partial charge in [-0.1, -0.05) is 11.8 Å². The molecule has 0 saturated heterocycles. The number of aromatic nitrogens is 1. The zero-order chi connectivity index (χ0) is 23.0. The van der Waals surface area contributed by atoms with Crippen LogP contribution in [-0.4, -0.2) is 62.2 Å². The van der Waals surface area contributed by atoms with Crippen LogP contribution in [0.1, 0.15) is 23.7 Å². The Balaban J connectivity index is 2.02. The lowest BCUT2D eigenvalue weighted by Gasteiger charge is -2.12. The number of sulfonamides is 1. The summed E-state index contributed by atoms with van der Waals surface area (Å²) in [5.41, 5.74) is 0.249. The number of benzene rings is 1. The number of halogens is 1. The molecule has 1 aromatic heterocycles. The number of pyridine rings is 1. The van der Waals surface area contributed by atoms with Gasteiger partial charge < -0.3 is 9.64 Å². The molecule has 0 atom stereocenters. The van der Waals surface area contributed by atoms with Crippen molar-refractivity contribution in [2.75, 3.05) is 37.7 Å². The summed E-state index contributed by atoms with van der Waals surface area (Å²) in [6, 6.07) is 6.10. The second-order valence-electron chi connectivity index (χ2n) is 6.84. The molecule has 0 unspecified atom stereocenters. The quantitative estimate of drug-likeness (QED) is 0.396. The number of carbonyl (C=O) groups is 2. The van der Waals surface area contributed by atoms with E-state index in [0.29, 0.717) is 13.0 Å². The average Bonchev–Trinajstić information content (AvgIpc) is 2.70. The third kappa shape index (κ3) is 7.93. The minimum Gasteiger partial charge on any atom is -0.490 e. The van der Waals surface area contributed by atoms with Crippen molar-refractivity contribution < 1.29 is 27.1 Å². The summed E-state index contributed by atoms with van der Waals surface area (Å²) in [7, 11) is -0.256. The van der Waals surface area contributed by atoms with Crippen molar-refractivity contribution in [1.29, 1.82) is 0 Å². The first kappa shape index (κ1) is 24.8. The second-order valence-corrected chi connectivity index (χ2v) is 9.67. The molecular formula is C20H24FN3O5S2. The van der Waals surface area contributed by atoms with Crippen molar-refractivity contribution in [3.8, 4) is 5.75 Å². The molecule has 0 fully saturated rings. The van der Waals surface area contributed by atoms with Gasteiger partial charge >= 0.3 is 0 Å². The molecule has 11 heteroatoms. The normalized spacial score (nSPS) is 11.4. The van der Waals surface area contributed by atoms with Gasteiger partial charge in [0.05, 0.1) is 17.3 Å². The zero-order valence-corrected chi connectivity index (χ0v) is 19.1. The first-order chi connectivity index (χ1) is 14.6. The fourth-order valence-corrected chi connectivity index (χ4v) is 3.92. The Morgan fingerprint density at radius 2 is 1.97 bits per heavy atom. The van der Waals surface area contributed by atoms with Crippen LogP contribution in [0.15, 0.2) is 41.4 Å². The number of hydrogen-bond acceptors (Lipinski definition) is 8. The number of nitrogens with zero attached hydrogens (tertiary/aromatic N) is 2. The Kier molecular flexibility index (Phi) is 8.96. The highest BCUT2D eigenvalue weighted by molar-refractivity contribution is 8.14. The van der Waals surface area contributed by atoms with Gasteiger partial charge in [0.15, 0.2) is 22.5 Å². The van der Waals surface area contributed by atoms with Gasteiger partial charge in [-0.15, -0.1) is 0 Å². The van der Waals surface area contributed by atoms with Crippen LogP contribution in [0.25, 0.3) is 0 Å². The van der Waals surface area contributed by atoms with E-state index >= 15 is 0 Å². The number of anilines is 1. The van der Waals surface area contributed by atoms with Crippen molar-refractivity contribution in [3.05, 3.63) is 47.9 Å². The molecule has 0 aliphatic carbocycles. The first-order valence-corrected chi connectivity index (χ1v) is 11.8. The molecule has 1 N–H and O–H groups in total. The monoisotopic (exact) mass is 469 g/mol. The summed E-state index contributed by atoms with van der Waals surface area (Å²) in [5, 5.41) is -0.178. The molecular weight excluding hydrogens is 445 g/mol. The molecule has 0 aliphatic rings. The largest absolute Gasteiger partial charge is 0.490 e. The molecule has 31 heavy (non-hydrogen) atoms. The first-order valence-electron chi connectivity index (χ1n) is 9.31. The van der Waals surface area contributed by atoms with E-state index in [4.69, 9.17) is 4.74 Å². The predicted molar refractivity (Wildman–Crippen MR) is 118 cm³/mol. The number of nitrogens with one attached hydrogen (secondary N) is 1. The van der Waals surface area contributed by atoms with Crippen LogP contribution >= 0.6 is 11.8 Å². The molecule has 2 aromatic rings. The molecule has 0 saturated carbocycles. The second kappa shape index (κ2) is 11.2. The van der Waals surface area contributed by atoms with E-state index in [1.54, 1.807) is 0 Å². The van der Waals surface area contributed by atoms with Gasteiger partial charge in [0.2, 0.25) is 0 Å². The molecule has 0 spiro atoms. The number of hydrogen-bond donors (Lipinski definition) is 1. The molecule has 168 valence electrons. The van der Waals surface area contributed by atoms with Crippen LogP contribution in [0.5, 0.6) is 5.75 Å². The average molecular weight is 470 g/mol. The third-order valence-corrected chi connectivity index (χ3v) is 6.12. The third-order valence-electron chi connectivity index (χ3n) is 3.95. The smallest absolute Gasteiger partial charge is 0.263 e. The van der Waals surface area contributed by atoms with E-state index in [2.05, 4.69) is 9.71 Å². The highest BCUT2D eigenvalue weighted by atomic mass is 32.2. The lowest BCUT2D eigenvalue weighted by molar-refractivity contribution is -0.109. The van der Waals surface area contributed by atoms with E-state index in [9.17, 15) is 22.4 Å². The number of rotatable bonds is 11. The van der Waals surface area contributed by atoms with E-state index in [1.807, 2.05) is 19.0 Å². The topological polar surface area (TPSA) is 106 Å². The summed E-state index contributed by atoms with van der Waals surface area (Å²) in [5.74, 6) is -1.16. The van der Waals surface area contributed by atoms with Crippen LogP contribution in [0.3, 0.4) is 0 Å². The van der Waals surface area contributed by atoms with Gasteiger partial charge in [-0.2, -0.15) is 0 Å². The van der Waals surface area contributed by atoms with E-state index in [1.165, 1.54) is 37.4 Å². The summed E-state index contributed by atoms with van der Waals surface area (Å²) in [6.45, 7) is 2.45. The van der Waals surface area contributed by atoms with Crippen molar-refractivity contribution in [2.24, 2.45) is 0 Å². The van der Waals surface area contributed by atoms with Crippen molar-refractivity contribution in [1.82, 2.24) is 9.88 Å². The highest BCUT2D eigenvalue weighted by Gasteiger charge is 2.18. The minimum absolute atomic E-state index is 0.0229. The Morgan fingerprint density at radius 1 is 1.23 bits per heavy atom. The Morgan fingerprint density at radius 3 is 2.55 bits per heavy atom. The van der Waals surface area contributed by atoms with Crippen LogP contribution in [0.2, 0.25) is 0 Å². The number of ether oxygens (including phenoxy) is 1. The maximum absolute atomic E-state index is 14.3. The van der Waals surface area contributed by atoms with Crippen molar-refractivity contribution >= 4 is 38.5 Å². The predicted octanol–water partition coefficient (Wildman–Crippen LogP) is 2.81. The SMILES string of the molecule is CC(=O)SCC(=O)c1ccc(NS(=O)(=O)c2ccc(OCCCN(C)C)c(F)c2)nc1. The summed E-state index contributed by atoms with van der Waals surface area (Å²) in [4.78, 5) is 28.5. The van der Waals surface area contributed by atoms with Crippen LogP contribution < -0.4 is 9.46 Å². The standard InChI is InChI=1S/C20H24FN3O5S2/c1-14(25)30-13-18(26)15-5-8-20(22-12-15)23-31(27,28)16-6-7-19(17(21)11-16)29-10-4-9-24(2)3/h5-8,11-12H,4,9-10,13H2,1-3H3,(H,22,23). The lowest BCUT2D eigenvalue weighted by Crippen LogP contribution is -2.16. The highest BCUT2D eigenvalue weighted by Crippen LogP contribution is 2.23. The van der Waals surface area contributed by atoms with Crippen LogP contribution in [0.4, 0.5) is 10.2 Å². The van der Waals surface area contributed by atoms with Gasteiger partial charge in [0, 0.05) is 25.2 Å². The Labute approximate surface area is 185 Å². The minimum atomic E-state index is -4.09. The van der Waals surface area contributed by atoms with Crippen LogP contribution in [0, 0.1) is 5.82 Å². The van der Waals surface area contributed by atoms with Gasteiger partial charge in [-0.25, -0.2) is 17.8 Å². The summed E-state index contributed by atoms with van der Waals surface area (Å²) < 4.78 is 46.9. The maximum Gasteiger partial charge on any atom is 0.263 e. The fraction of sp³-hybridized carbons (Fsp3) is 0.350. The summed E-state index contributed by atoms with van der Waals surface area (Å²) in [6.07, 6.45) is 1.91. The number of thioether (sulfide) groups is 1. The Bertz CT molecular complexity index is 1030. The lowest BCUT2D eigenvalue weighted by atomic mass is 10.2. The van der Waals surface area contributed by atoms with E-state index < -0.39 is 15.8 Å². The molecule has 0 bridgehead atoms. The summed E-state index contributed by atoms with van der Waals surface area (Å²) >= 11 is 0.880. The molecule has 0 amide bonds. The fourth-order valence-electron chi connectivity index (χ4n) is 2.39. The van der Waals surface area contributed by atoms with E-state index in [0.717, 1.165) is 24.4 Å². The van der Waals surface area contributed by atoms with Crippen LogP contribution in [-0.2, 0) is 14.8 Å². The molecule has 0 aliphatic heterocycles. The van der Waals surface area contributed by atoms with Crippen molar-refractivity contribution in [3.63, 3.8) is 0 Å². The van der Waals surface area contributed by atoms with E-state index in [-0.39, 0.29) is 38.7 Å². The van der Waals surface area contributed by atoms with Gasteiger partial charge in [-0.05, 0) is 50.8 Å². The van der Waals surface area contributed by atoms with Crippen molar-refractivity contribution in [2.45, 2.75) is 18.2 Å². The van der Waals surface area contributed by atoms with Gasteiger partial charge in [-0.3, -0.25) is 14.3 Å². The van der Waals surface area contributed by atoms with Gasteiger partial charge in [0.1, 0.15) is 5.82 Å². The number of ketones is 1. The number of carbonyl (C=O) groups excluding carboxylic acids is 2. The molecule has 0 radical (unpaired) electrons. The molecule has 1 aromatic carbocycles. The molecule has 1 heterocycles. The van der Waals surface area contributed by atoms with Gasteiger partial charge in [0.25, 0.3) is 10.0 Å². The number of Topliss-reactive ketones (excluding diaryl/α,β-unsaturated/α-hetero) is 1. The maximum atomic E-state index is 14.3. The Hall–Kier alpha value is -2.50. The molecule has 8 nitrogen and oxygen atoms in total. The zero-order valence-electron chi connectivity index (χ0n) is 17.4. The molecule has 2 rings (SSSR count).